The third-order valence-electron chi connectivity index (χ3n) is 2.87. The van der Waals surface area contributed by atoms with Crippen LogP contribution in [0.2, 0.25) is 0 Å². The van der Waals surface area contributed by atoms with E-state index in [1.165, 1.54) is 0 Å². The van der Waals surface area contributed by atoms with Crippen LogP contribution in [0.25, 0.3) is 0 Å². The average Bonchev–Trinajstić information content (AvgIpc) is 2.39. The van der Waals surface area contributed by atoms with Crippen molar-refractivity contribution < 1.29 is 8.42 Å². The molecule has 0 N–H and O–H groups in total. The number of rotatable bonds is 4. The second-order valence-corrected chi connectivity index (χ2v) is 6.24. The fourth-order valence-corrected chi connectivity index (χ4v) is 3.25. The second kappa shape index (κ2) is 5.36. The van der Waals surface area contributed by atoms with Crippen molar-refractivity contribution in [2.45, 2.75) is 24.0 Å². The van der Waals surface area contributed by atoms with Crippen molar-refractivity contribution in [3.63, 3.8) is 0 Å². The zero-order chi connectivity index (χ0) is 13.0. The zero-order valence-corrected chi connectivity index (χ0v) is 11.2. The summed E-state index contributed by atoms with van der Waals surface area (Å²) in [5, 5.41) is 0. The normalized spacial score (nSPS) is 11.4. The van der Waals surface area contributed by atoms with Gasteiger partial charge in [0.2, 0.25) is 0 Å². The Balaban J connectivity index is 2.31. The topological polar surface area (TPSA) is 34.1 Å². The molecule has 0 unspecified atom stereocenters. The molecular weight excluding hydrogens is 244 g/mol. The average molecular weight is 260 g/mol. The van der Waals surface area contributed by atoms with E-state index in [2.05, 4.69) is 0 Å². The van der Waals surface area contributed by atoms with Crippen molar-refractivity contribution >= 4 is 9.84 Å². The number of aryl methyl sites for hydroxylation is 1. The Bertz CT molecular complexity index is 616. The van der Waals surface area contributed by atoms with Crippen LogP contribution >= 0.6 is 0 Å². The molecule has 0 aliphatic rings. The van der Waals surface area contributed by atoms with Crippen molar-refractivity contribution in [1.82, 2.24) is 0 Å². The first kappa shape index (κ1) is 12.8. The van der Waals surface area contributed by atoms with E-state index in [1.54, 1.807) is 18.2 Å². The smallest absolute Gasteiger partial charge is 0.182 e. The summed E-state index contributed by atoms with van der Waals surface area (Å²) in [5.41, 5.74) is 1.86. The van der Waals surface area contributed by atoms with Gasteiger partial charge in [-0.2, -0.15) is 0 Å². The molecule has 0 aliphatic carbocycles. The number of hydrogen-bond donors (Lipinski definition) is 0. The van der Waals surface area contributed by atoms with Gasteiger partial charge in [-0.1, -0.05) is 49.4 Å². The van der Waals surface area contributed by atoms with Crippen LogP contribution in [0.3, 0.4) is 0 Å². The van der Waals surface area contributed by atoms with Crippen molar-refractivity contribution in [3.8, 4) is 0 Å². The monoisotopic (exact) mass is 260 g/mol. The first-order valence-electron chi connectivity index (χ1n) is 5.97. The molecule has 0 aliphatic heterocycles. The Hall–Kier alpha value is -1.61. The fraction of sp³-hybridized carbons (Fsp3) is 0.200. The van der Waals surface area contributed by atoms with Crippen LogP contribution in [0.4, 0.5) is 0 Å². The van der Waals surface area contributed by atoms with Crippen molar-refractivity contribution in [2.75, 3.05) is 0 Å². The molecule has 2 aromatic carbocycles. The Kier molecular flexibility index (Phi) is 3.82. The number of hydrogen-bond acceptors (Lipinski definition) is 2. The summed E-state index contributed by atoms with van der Waals surface area (Å²) in [5.74, 6) is 0.0566. The summed E-state index contributed by atoms with van der Waals surface area (Å²) in [6.07, 6.45) is 0.842. The van der Waals surface area contributed by atoms with Gasteiger partial charge in [-0.05, 0) is 29.7 Å². The molecule has 0 aromatic heterocycles. The molecule has 0 saturated heterocycles. The fourth-order valence-electron chi connectivity index (χ4n) is 1.84. The highest BCUT2D eigenvalue weighted by Crippen LogP contribution is 2.17. The molecule has 94 valence electrons. The van der Waals surface area contributed by atoms with Gasteiger partial charge < -0.3 is 0 Å². The molecule has 0 radical (unpaired) electrons. The van der Waals surface area contributed by atoms with Gasteiger partial charge in [0, 0.05) is 0 Å². The molecule has 0 amide bonds. The maximum atomic E-state index is 12.3. The van der Waals surface area contributed by atoms with Crippen LogP contribution < -0.4 is 0 Å². The van der Waals surface area contributed by atoms with E-state index in [1.807, 2.05) is 43.3 Å². The molecule has 2 rings (SSSR count). The minimum Gasteiger partial charge on any atom is -0.223 e. The predicted molar refractivity (Wildman–Crippen MR) is 73.2 cm³/mol. The summed E-state index contributed by atoms with van der Waals surface area (Å²) in [4.78, 5) is 0.408. The van der Waals surface area contributed by atoms with E-state index in [0.29, 0.717) is 4.90 Å². The maximum absolute atomic E-state index is 12.3. The summed E-state index contributed by atoms with van der Waals surface area (Å²) >= 11 is 0. The Morgan fingerprint density at radius 2 is 1.56 bits per heavy atom. The standard InChI is InChI=1S/C15H16O2S/c1-2-13-9-6-10-15(11-13)18(16,17)12-14-7-4-3-5-8-14/h3-11H,2,12H2,1H3. The van der Waals surface area contributed by atoms with E-state index < -0.39 is 9.84 Å². The molecule has 0 atom stereocenters. The molecule has 2 nitrogen and oxygen atoms in total. The zero-order valence-electron chi connectivity index (χ0n) is 10.3. The summed E-state index contributed by atoms with van der Waals surface area (Å²) in [6, 6.07) is 16.4. The molecule has 2 aromatic rings. The highest BCUT2D eigenvalue weighted by Gasteiger charge is 2.15. The van der Waals surface area contributed by atoms with Crippen LogP contribution in [0.1, 0.15) is 18.1 Å². The van der Waals surface area contributed by atoms with Crippen LogP contribution in [0.5, 0.6) is 0 Å². The van der Waals surface area contributed by atoms with Gasteiger partial charge in [0.15, 0.2) is 9.84 Å². The van der Waals surface area contributed by atoms with E-state index in [0.717, 1.165) is 17.5 Å². The number of sulfone groups is 1. The SMILES string of the molecule is CCc1cccc(S(=O)(=O)Cc2ccccc2)c1. The predicted octanol–water partition coefficient (Wildman–Crippen LogP) is 3.22. The quantitative estimate of drug-likeness (QED) is 0.846. The first-order chi connectivity index (χ1) is 8.62. The van der Waals surface area contributed by atoms with Crippen molar-refractivity contribution in [1.29, 1.82) is 0 Å². The van der Waals surface area contributed by atoms with Gasteiger partial charge in [0.05, 0.1) is 10.6 Å². The molecular formula is C15H16O2S. The lowest BCUT2D eigenvalue weighted by Gasteiger charge is -2.06. The highest BCUT2D eigenvalue weighted by atomic mass is 32.2. The van der Waals surface area contributed by atoms with Gasteiger partial charge in [0.25, 0.3) is 0 Å². The van der Waals surface area contributed by atoms with Gasteiger partial charge in [-0.25, -0.2) is 8.42 Å². The molecule has 0 saturated carbocycles. The van der Waals surface area contributed by atoms with Gasteiger partial charge in [-0.15, -0.1) is 0 Å². The van der Waals surface area contributed by atoms with Crippen molar-refractivity contribution in [3.05, 3.63) is 65.7 Å². The molecule has 18 heavy (non-hydrogen) atoms. The molecule has 0 bridgehead atoms. The lowest BCUT2D eigenvalue weighted by atomic mass is 10.2. The Morgan fingerprint density at radius 3 is 2.22 bits per heavy atom. The summed E-state index contributed by atoms with van der Waals surface area (Å²) < 4.78 is 24.5. The van der Waals surface area contributed by atoms with Gasteiger partial charge in [-0.3, -0.25) is 0 Å². The maximum Gasteiger partial charge on any atom is 0.182 e. The summed E-state index contributed by atoms with van der Waals surface area (Å²) in [7, 11) is -3.25. The highest BCUT2D eigenvalue weighted by molar-refractivity contribution is 7.90. The van der Waals surface area contributed by atoms with Crippen LogP contribution in [0.15, 0.2) is 59.5 Å². The lowest BCUT2D eigenvalue weighted by Crippen LogP contribution is -2.05. The van der Waals surface area contributed by atoms with Gasteiger partial charge >= 0.3 is 0 Å². The van der Waals surface area contributed by atoms with Crippen LogP contribution in [0, 0.1) is 0 Å². The Morgan fingerprint density at radius 1 is 0.889 bits per heavy atom. The second-order valence-electron chi connectivity index (χ2n) is 4.25. The molecule has 0 spiro atoms. The largest absolute Gasteiger partial charge is 0.223 e. The minimum absolute atomic E-state index is 0.0566. The van der Waals surface area contributed by atoms with E-state index in [4.69, 9.17) is 0 Å². The van der Waals surface area contributed by atoms with Crippen LogP contribution in [-0.2, 0) is 22.0 Å². The third kappa shape index (κ3) is 2.99. The number of benzene rings is 2. The Labute approximate surface area is 108 Å². The van der Waals surface area contributed by atoms with Crippen molar-refractivity contribution in [2.24, 2.45) is 0 Å². The molecule has 0 fully saturated rings. The van der Waals surface area contributed by atoms with E-state index in [-0.39, 0.29) is 5.75 Å². The van der Waals surface area contributed by atoms with Crippen LogP contribution in [-0.4, -0.2) is 8.42 Å². The van der Waals surface area contributed by atoms with E-state index >= 15 is 0 Å². The molecule has 3 heteroatoms. The van der Waals surface area contributed by atoms with Gasteiger partial charge in [0.1, 0.15) is 0 Å². The minimum atomic E-state index is -3.25. The first-order valence-corrected chi connectivity index (χ1v) is 7.62. The molecule has 0 heterocycles. The van der Waals surface area contributed by atoms with E-state index in [9.17, 15) is 8.42 Å². The lowest BCUT2D eigenvalue weighted by molar-refractivity contribution is 0.595. The third-order valence-corrected chi connectivity index (χ3v) is 4.55. The summed E-state index contributed by atoms with van der Waals surface area (Å²) in [6.45, 7) is 2.02.